The molecule has 4 heteroatoms. The fourth-order valence-electron chi connectivity index (χ4n) is 2.14. The summed E-state index contributed by atoms with van der Waals surface area (Å²) >= 11 is 0. The number of rotatable bonds is 5. The standard InChI is InChI=1S/C18H20N2O2/c1-14(21)19-12-15-8-10-17(11-9-15)18(22)20(2)13-16-6-4-3-5-7-16/h3-11H,12-13H2,1-2H3,(H,19,21). The third-order valence-electron chi connectivity index (χ3n) is 3.35. The van der Waals surface area contributed by atoms with E-state index >= 15 is 0 Å². The van der Waals surface area contributed by atoms with Gasteiger partial charge < -0.3 is 10.2 Å². The summed E-state index contributed by atoms with van der Waals surface area (Å²) in [6.07, 6.45) is 0. The quantitative estimate of drug-likeness (QED) is 0.922. The molecule has 0 aliphatic carbocycles. The first-order valence-corrected chi connectivity index (χ1v) is 7.19. The molecule has 22 heavy (non-hydrogen) atoms. The predicted octanol–water partition coefficient (Wildman–Crippen LogP) is 2.59. The highest BCUT2D eigenvalue weighted by atomic mass is 16.2. The van der Waals surface area contributed by atoms with Crippen LogP contribution in [-0.2, 0) is 17.9 Å². The second kappa shape index (κ2) is 7.41. The van der Waals surface area contributed by atoms with Crippen LogP contribution in [0.4, 0.5) is 0 Å². The summed E-state index contributed by atoms with van der Waals surface area (Å²) in [5, 5.41) is 2.73. The van der Waals surface area contributed by atoms with Gasteiger partial charge in [-0.3, -0.25) is 9.59 Å². The number of carbonyl (C=O) groups excluding carboxylic acids is 2. The van der Waals surface area contributed by atoms with Crippen LogP contribution >= 0.6 is 0 Å². The number of hydrogen-bond acceptors (Lipinski definition) is 2. The van der Waals surface area contributed by atoms with Crippen LogP contribution in [0, 0.1) is 0 Å². The molecule has 114 valence electrons. The minimum Gasteiger partial charge on any atom is -0.352 e. The molecule has 2 rings (SSSR count). The van der Waals surface area contributed by atoms with E-state index in [2.05, 4.69) is 5.32 Å². The smallest absolute Gasteiger partial charge is 0.253 e. The van der Waals surface area contributed by atoms with Gasteiger partial charge in [-0.2, -0.15) is 0 Å². The molecule has 2 amide bonds. The fraction of sp³-hybridized carbons (Fsp3) is 0.222. The van der Waals surface area contributed by atoms with Gasteiger partial charge in [-0.25, -0.2) is 0 Å². The van der Waals surface area contributed by atoms with Crippen molar-refractivity contribution in [2.45, 2.75) is 20.0 Å². The molecule has 0 saturated carbocycles. The minimum atomic E-state index is -0.0669. The maximum Gasteiger partial charge on any atom is 0.253 e. The largest absolute Gasteiger partial charge is 0.352 e. The lowest BCUT2D eigenvalue weighted by atomic mass is 10.1. The first-order valence-electron chi connectivity index (χ1n) is 7.19. The Kier molecular flexibility index (Phi) is 5.31. The lowest BCUT2D eigenvalue weighted by Crippen LogP contribution is -2.26. The van der Waals surface area contributed by atoms with Gasteiger partial charge in [-0.15, -0.1) is 0 Å². The monoisotopic (exact) mass is 296 g/mol. The van der Waals surface area contributed by atoms with Gasteiger partial charge in [0.2, 0.25) is 5.91 Å². The van der Waals surface area contributed by atoms with Crippen LogP contribution in [-0.4, -0.2) is 23.8 Å². The summed E-state index contributed by atoms with van der Waals surface area (Å²) < 4.78 is 0. The molecule has 0 aliphatic heterocycles. The molecular weight excluding hydrogens is 276 g/mol. The van der Waals surface area contributed by atoms with E-state index in [0.29, 0.717) is 18.7 Å². The van der Waals surface area contributed by atoms with Crippen LogP contribution in [0.5, 0.6) is 0 Å². The van der Waals surface area contributed by atoms with Crippen molar-refractivity contribution in [3.63, 3.8) is 0 Å². The Morgan fingerprint density at radius 1 is 0.955 bits per heavy atom. The molecule has 0 aliphatic rings. The summed E-state index contributed by atoms with van der Waals surface area (Å²) in [4.78, 5) is 25.0. The van der Waals surface area contributed by atoms with Crippen molar-refractivity contribution in [2.24, 2.45) is 0 Å². The van der Waals surface area contributed by atoms with Crippen molar-refractivity contribution >= 4 is 11.8 Å². The molecule has 0 atom stereocenters. The zero-order chi connectivity index (χ0) is 15.9. The highest BCUT2D eigenvalue weighted by molar-refractivity contribution is 5.94. The summed E-state index contributed by atoms with van der Waals surface area (Å²) in [5.74, 6) is -0.0855. The van der Waals surface area contributed by atoms with E-state index in [1.807, 2.05) is 42.5 Å². The van der Waals surface area contributed by atoms with E-state index in [-0.39, 0.29) is 11.8 Å². The van der Waals surface area contributed by atoms with Crippen LogP contribution in [0.25, 0.3) is 0 Å². The lowest BCUT2D eigenvalue weighted by molar-refractivity contribution is -0.119. The van der Waals surface area contributed by atoms with Gasteiger partial charge in [0, 0.05) is 32.6 Å². The summed E-state index contributed by atoms with van der Waals surface area (Å²) in [6, 6.07) is 17.2. The Balaban J connectivity index is 1.98. The second-order valence-electron chi connectivity index (χ2n) is 5.25. The molecular formula is C18H20N2O2. The van der Waals surface area contributed by atoms with Crippen LogP contribution in [0.2, 0.25) is 0 Å². The average Bonchev–Trinajstić information content (AvgIpc) is 2.53. The van der Waals surface area contributed by atoms with Gasteiger partial charge in [0.1, 0.15) is 0 Å². The van der Waals surface area contributed by atoms with Crippen molar-refractivity contribution in [3.05, 3.63) is 71.3 Å². The first-order chi connectivity index (χ1) is 10.6. The molecule has 0 heterocycles. The molecule has 0 saturated heterocycles. The van der Waals surface area contributed by atoms with Gasteiger partial charge >= 0.3 is 0 Å². The van der Waals surface area contributed by atoms with E-state index in [9.17, 15) is 9.59 Å². The van der Waals surface area contributed by atoms with E-state index in [0.717, 1.165) is 11.1 Å². The summed E-state index contributed by atoms with van der Waals surface area (Å²) in [6.45, 7) is 2.54. The number of nitrogens with zero attached hydrogens (tertiary/aromatic N) is 1. The average molecular weight is 296 g/mol. The first kappa shape index (κ1) is 15.8. The SMILES string of the molecule is CC(=O)NCc1ccc(C(=O)N(C)Cc2ccccc2)cc1. The normalized spacial score (nSPS) is 10.1. The molecule has 0 aromatic heterocycles. The van der Waals surface area contributed by atoms with Gasteiger partial charge in [-0.05, 0) is 23.3 Å². The van der Waals surface area contributed by atoms with Crippen molar-refractivity contribution in [1.82, 2.24) is 10.2 Å². The Morgan fingerprint density at radius 2 is 1.59 bits per heavy atom. The summed E-state index contributed by atoms with van der Waals surface area (Å²) in [5.41, 5.74) is 2.71. The minimum absolute atomic E-state index is 0.0186. The third kappa shape index (κ3) is 4.45. The maximum atomic E-state index is 12.4. The highest BCUT2D eigenvalue weighted by Gasteiger charge is 2.11. The van der Waals surface area contributed by atoms with Gasteiger partial charge in [0.15, 0.2) is 0 Å². The number of amides is 2. The van der Waals surface area contributed by atoms with Crippen molar-refractivity contribution in [1.29, 1.82) is 0 Å². The highest BCUT2D eigenvalue weighted by Crippen LogP contribution is 2.10. The molecule has 1 N–H and O–H groups in total. The van der Waals surface area contributed by atoms with Crippen molar-refractivity contribution < 1.29 is 9.59 Å². The Labute approximate surface area is 130 Å². The number of benzene rings is 2. The molecule has 0 unspecified atom stereocenters. The Bertz CT molecular complexity index is 636. The predicted molar refractivity (Wildman–Crippen MR) is 86.2 cm³/mol. The van der Waals surface area contributed by atoms with E-state index in [1.54, 1.807) is 24.1 Å². The molecule has 0 bridgehead atoms. The molecule has 0 radical (unpaired) electrons. The second-order valence-corrected chi connectivity index (χ2v) is 5.25. The summed E-state index contributed by atoms with van der Waals surface area (Å²) in [7, 11) is 1.79. The zero-order valence-corrected chi connectivity index (χ0v) is 12.9. The Morgan fingerprint density at radius 3 is 2.18 bits per heavy atom. The fourth-order valence-corrected chi connectivity index (χ4v) is 2.14. The van der Waals surface area contributed by atoms with Crippen LogP contribution in [0.3, 0.4) is 0 Å². The van der Waals surface area contributed by atoms with Crippen molar-refractivity contribution in [2.75, 3.05) is 7.05 Å². The molecule has 0 fully saturated rings. The third-order valence-corrected chi connectivity index (χ3v) is 3.35. The maximum absolute atomic E-state index is 12.4. The zero-order valence-electron chi connectivity index (χ0n) is 12.9. The molecule has 2 aromatic rings. The molecule has 2 aromatic carbocycles. The van der Waals surface area contributed by atoms with Gasteiger partial charge in [0.25, 0.3) is 5.91 Å². The lowest BCUT2D eigenvalue weighted by Gasteiger charge is -2.17. The van der Waals surface area contributed by atoms with E-state index in [1.165, 1.54) is 6.92 Å². The van der Waals surface area contributed by atoms with Gasteiger partial charge in [-0.1, -0.05) is 42.5 Å². The molecule has 0 spiro atoms. The van der Waals surface area contributed by atoms with Crippen molar-refractivity contribution in [3.8, 4) is 0 Å². The van der Waals surface area contributed by atoms with E-state index in [4.69, 9.17) is 0 Å². The number of hydrogen-bond donors (Lipinski definition) is 1. The molecule has 4 nitrogen and oxygen atoms in total. The van der Waals surface area contributed by atoms with E-state index < -0.39 is 0 Å². The Hall–Kier alpha value is -2.62. The van der Waals surface area contributed by atoms with Crippen LogP contribution < -0.4 is 5.32 Å². The van der Waals surface area contributed by atoms with Gasteiger partial charge in [0.05, 0.1) is 0 Å². The van der Waals surface area contributed by atoms with Crippen LogP contribution in [0.1, 0.15) is 28.4 Å². The topological polar surface area (TPSA) is 49.4 Å². The van der Waals surface area contributed by atoms with Crippen LogP contribution in [0.15, 0.2) is 54.6 Å². The number of nitrogens with one attached hydrogen (secondary N) is 1. The number of carbonyl (C=O) groups is 2.